The Labute approximate surface area is 130 Å². The highest BCUT2D eigenvalue weighted by Gasteiger charge is 2.22. The molecule has 0 spiro atoms. The van der Waals surface area contributed by atoms with E-state index in [9.17, 15) is 0 Å². The third kappa shape index (κ3) is 2.54. The zero-order valence-electron chi connectivity index (χ0n) is 11.9. The molecule has 0 saturated heterocycles. The molecule has 4 rings (SSSR count). The molecule has 0 bridgehead atoms. The number of fused-ring (bicyclic) bond motifs is 2. The van der Waals surface area contributed by atoms with Crippen molar-refractivity contribution in [2.45, 2.75) is 31.8 Å². The minimum atomic E-state index is 0.512. The third-order valence-electron chi connectivity index (χ3n) is 4.46. The predicted octanol–water partition coefficient (Wildman–Crippen LogP) is 3.53. The zero-order chi connectivity index (χ0) is 14.2. The molecule has 3 heteroatoms. The summed E-state index contributed by atoms with van der Waals surface area (Å²) in [5.41, 5.74) is 5.38. The number of rotatable bonds is 3. The summed E-state index contributed by atoms with van der Waals surface area (Å²) in [6.45, 7) is 1.60. The summed E-state index contributed by atoms with van der Waals surface area (Å²) in [6.07, 6.45) is 3.19. The molecule has 2 aromatic rings. The van der Waals surface area contributed by atoms with Gasteiger partial charge in [-0.3, -0.25) is 0 Å². The van der Waals surface area contributed by atoms with Gasteiger partial charge in [0.1, 0.15) is 5.75 Å². The van der Waals surface area contributed by atoms with Crippen LogP contribution < -0.4 is 10.1 Å². The zero-order valence-corrected chi connectivity index (χ0v) is 12.6. The van der Waals surface area contributed by atoms with E-state index in [2.05, 4.69) is 29.6 Å². The van der Waals surface area contributed by atoms with E-state index in [1.54, 1.807) is 0 Å². The number of nitrogens with one attached hydrogen (secondary N) is 1. The van der Waals surface area contributed by atoms with Crippen molar-refractivity contribution in [3.05, 3.63) is 63.7 Å². The van der Waals surface area contributed by atoms with Crippen molar-refractivity contribution in [1.29, 1.82) is 0 Å². The summed E-state index contributed by atoms with van der Waals surface area (Å²) in [6, 6.07) is 13.3. The summed E-state index contributed by atoms with van der Waals surface area (Å²) >= 11 is 6.21. The Morgan fingerprint density at radius 2 is 1.86 bits per heavy atom. The van der Waals surface area contributed by atoms with Crippen LogP contribution in [0.5, 0.6) is 5.75 Å². The Balaban J connectivity index is 1.47. The van der Waals surface area contributed by atoms with E-state index in [4.69, 9.17) is 16.3 Å². The van der Waals surface area contributed by atoms with E-state index in [0.29, 0.717) is 6.04 Å². The van der Waals surface area contributed by atoms with Gasteiger partial charge in [0.25, 0.3) is 0 Å². The molecule has 0 saturated carbocycles. The molecule has 0 radical (unpaired) electrons. The first-order valence-electron chi connectivity index (χ1n) is 7.54. The second-order valence-corrected chi connectivity index (χ2v) is 6.34. The molecular weight excluding hydrogens is 282 g/mol. The van der Waals surface area contributed by atoms with E-state index in [-0.39, 0.29) is 0 Å². The highest BCUT2D eigenvalue weighted by molar-refractivity contribution is 6.30. The molecule has 0 atom stereocenters. The van der Waals surface area contributed by atoms with Crippen molar-refractivity contribution in [2.75, 3.05) is 6.61 Å². The SMILES string of the molecule is Clc1cc2c(c(CNC3Cc4ccccc4C3)c1)OCC2. The fraction of sp³-hybridized carbons (Fsp3) is 0.333. The highest BCUT2D eigenvalue weighted by atomic mass is 35.5. The molecule has 1 aliphatic heterocycles. The third-order valence-corrected chi connectivity index (χ3v) is 4.68. The number of halogens is 1. The van der Waals surface area contributed by atoms with Gasteiger partial charge in [-0.15, -0.1) is 0 Å². The van der Waals surface area contributed by atoms with E-state index in [1.807, 2.05) is 12.1 Å². The van der Waals surface area contributed by atoms with Crippen LogP contribution in [0.4, 0.5) is 0 Å². The molecule has 1 heterocycles. The molecule has 0 unspecified atom stereocenters. The van der Waals surface area contributed by atoms with Gasteiger partial charge in [0.15, 0.2) is 0 Å². The molecule has 2 nitrogen and oxygen atoms in total. The van der Waals surface area contributed by atoms with Gasteiger partial charge in [-0.1, -0.05) is 35.9 Å². The van der Waals surface area contributed by atoms with Crippen LogP contribution in [0, 0.1) is 0 Å². The van der Waals surface area contributed by atoms with Gasteiger partial charge in [0, 0.05) is 29.6 Å². The predicted molar refractivity (Wildman–Crippen MR) is 85.1 cm³/mol. The van der Waals surface area contributed by atoms with Crippen LogP contribution in [0.1, 0.15) is 22.3 Å². The molecule has 2 aromatic carbocycles. The van der Waals surface area contributed by atoms with Crippen LogP contribution in [-0.4, -0.2) is 12.6 Å². The van der Waals surface area contributed by atoms with Gasteiger partial charge in [-0.05, 0) is 41.7 Å². The second kappa shape index (κ2) is 5.36. The fourth-order valence-corrected chi connectivity index (χ4v) is 3.70. The van der Waals surface area contributed by atoms with Crippen LogP contribution >= 0.6 is 11.6 Å². The second-order valence-electron chi connectivity index (χ2n) is 5.91. The average molecular weight is 300 g/mol. The Kier molecular flexibility index (Phi) is 3.36. The molecule has 1 aliphatic carbocycles. The minimum Gasteiger partial charge on any atom is -0.493 e. The van der Waals surface area contributed by atoms with Crippen LogP contribution in [0.25, 0.3) is 0 Å². The summed E-state index contributed by atoms with van der Waals surface area (Å²) in [4.78, 5) is 0. The number of hydrogen-bond donors (Lipinski definition) is 1. The van der Waals surface area contributed by atoms with Crippen LogP contribution in [0.2, 0.25) is 5.02 Å². The quantitative estimate of drug-likeness (QED) is 0.936. The largest absolute Gasteiger partial charge is 0.493 e. The van der Waals surface area contributed by atoms with Crippen molar-refractivity contribution >= 4 is 11.6 Å². The summed E-state index contributed by atoms with van der Waals surface area (Å²) < 4.78 is 5.76. The highest BCUT2D eigenvalue weighted by Crippen LogP contribution is 2.33. The number of hydrogen-bond acceptors (Lipinski definition) is 2. The monoisotopic (exact) mass is 299 g/mol. The van der Waals surface area contributed by atoms with E-state index >= 15 is 0 Å². The Morgan fingerprint density at radius 3 is 2.62 bits per heavy atom. The molecule has 2 aliphatic rings. The number of ether oxygens (including phenoxy) is 1. The first-order chi connectivity index (χ1) is 10.3. The van der Waals surface area contributed by atoms with E-state index in [1.165, 1.54) is 22.3 Å². The molecule has 21 heavy (non-hydrogen) atoms. The summed E-state index contributed by atoms with van der Waals surface area (Å²) in [5.74, 6) is 1.04. The smallest absolute Gasteiger partial charge is 0.127 e. The first kappa shape index (κ1) is 13.2. The molecular formula is C18H18ClNO. The van der Waals surface area contributed by atoms with Crippen LogP contribution in [-0.2, 0) is 25.8 Å². The lowest BCUT2D eigenvalue weighted by molar-refractivity contribution is 0.351. The van der Waals surface area contributed by atoms with Crippen molar-refractivity contribution in [2.24, 2.45) is 0 Å². The van der Waals surface area contributed by atoms with Crippen LogP contribution in [0.15, 0.2) is 36.4 Å². The van der Waals surface area contributed by atoms with Crippen LogP contribution in [0.3, 0.4) is 0 Å². The van der Waals surface area contributed by atoms with E-state index < -0.39 is 0 Å². The maximum Gasteiger partial charge on any atom is 0.127 e. The lowest BCUT2D eigenvalue weighted by Crippen LogP contribution is -2.29. The standard InChI is InChI=1S/C18H18ClNO/c19-16-7-14-5-6-21-18(14)15(8-16)11-20-17-9-12-3-1-2-4-13(12)10-17/h1-4,7-8,17,20H,5-6,9-11H2. The molecule has 1 N–H and O–H groups in total. The Morgan fingerprint density at radius 1 is 1.10 bits per heavy atom. The number of benzene rings is 2. The summed E-state index contributed by atoms with van der Waals surface area (Å²) in [5, 5.41) is 4.47. The van der Waals surface area contributed by atoms with Gasteiger partial charge in [-0.2, -0.15) is 0 Å². The van der Waals surface area contributed by atoms with Crippen molar-refractivity contribution in [3.8, 4) is 5.75 Å². The van der Waals surface area contributed by atoms with Crippen molar-refractivity contribution in [1.82, 2.24) is 5.32 Å². The topological polar surface area (TPSA) is 21.3 Å². The van der Waals surface area contributed by atoms with Gasteiger partial charge in [0.2, 0.25) is 0 Å². The fourth-order valence-electron chi connectivity index (χ4n) is 3.43. The maximum absolute atomic E-state index is 6.21. The normalized spacial score (nSPS) is 16.6. The Hall–Kier alpha value is -1.51. The molecule has 108 valence electrons. The lowest BCUT2D eigenvalue weighted by Gasteiger charge is -2.14. The van der Waals surface area contributed by atoms with Gasteiger partial charge < -0.3 is 10.1 Å². The van der Waals surface area contributed by atoms with Crippen molar-refractivity contribution in [3.63, 3.8) is 0 Å². The van der Waals surface area contributed by atoms with Gasteiger partial charge >= 0.3 is 0 Å². The van der Waals surface area contributed by atoms with Crippen molar-refractivity contribution < 1.29 is 4.74 Å². The molecule has 0 aromatic heterocycles. The van der Waals surface area contributed by atoms with E-state index in [0.717, 1.165) is 43.2 Å². The van der Waals surface area contributed by atoms with Gasteiger partial charge in [0.05, 0.1) is 6.61 Å². The Bertz CT molecular complexity index is 658. The molecule has 0 fully saturated rings. The van der Waals surface area contributed by atoms with Gasteiger partial charge in [-0.25, -0.2) is 0 Å². The minimum absolute atomic E-state index is 0.512. The lowest BCUT2D eigenvalue weighted by atomic mass is 10.1. The first-order valence-corrected chi connectivity index (χ1v) is 7.91. The molecule has 0 amide bonds. The maximum atomic E-state index is 6.21. The summed E-state index contributed by atoms with van der Waals surface area (Å²) in [7, 11) is 0. The average Bonchev–Trinajstić information content (AvgIpc) is 3.10.